The lowest BCUT2D eigenvalue weighted by Gasteiger charge is -2.27. The minimum atomic E-state index is -3.92. The van der Waals surface area contributed by atoms with E-state index in [-0.39, 0.29) is 10.8 Å². The van der Waals surface area contributed by atoms with Gasteiger partial charge >= 0.3 is 0 Å². The fraction of sp³-hybridized carbons (Fsp3) is 0.235. The van der Waals surface area contributed by atoms with Gasteiger partial charge in [-0.3, -0.25) is 4.79 Å². The van der Waals surface area contributed by atoms with Crippen LogP contribution in [0, 0.1) is 13.8 Å². The molecule has 0 saturated carbocycles. The molecule has 42 heavy (non-hydrogen) atoms. The molecule has 3 heterocycles. The molecule has 0 saturated heterocycles. The standard InChI is InChI=1S/C34H34N4O3S/c1-22-6-12-29(13-7-22)42(40,41)38-21-32(24-8-10-25(11-9-24)34(39)36(3)4)30-18-28(19-35-33(30)38)27-16-23(2)31-20-37(5)15-14-26(31)17-27/h6-13,16-19,21H,14-15,20H2,1-5H3. The molecule has 0 fully saturated rings. The Morgan fingerprint density at radius 2 is 1.62 bits per heavy atom. The fourth-order valence-electron chi connectivity index (χ4n) is 5.69. The molecule has 1 aliphatic heterocycles. The van der Waals surface area contributed by atoms with E-state index in [1.54, 1.807) is 62.9 Å². The largest absolute Gasteiger partial charge is 0.345 e. The molecule has 3 aromatic carbocycles. The Bertz CT molecular complexity index is 1940. The molecule has 1 aliphatic rings. The van der Waals surface area contributed by atoms with Crippen molar-refractivity contribution in [1.29, 1.82) is 0 Å². The van der Waals surface area contributed by atoms with Gasteiger partial charge in [0.1, 0.15) is 0 Å². The number of fused-ring (bicyclic) bond motifs is 2. The van der Waals surface area contributed by atoms with E-state index in [4.69, 9.17) is 4.98 Å². The van der Waals surface area contributed by atoms with E-state index in [1.165, 1.54) is 25.6 Å². The van der Waals surface area contributed by atoms with Crippen molar-refractivity contribution in [3.63, 3.8) is 0 Å². The summed E-state index contributed by atoms with van der Waals surface area (Å²) in [5, 5.41) is 0.727. The number of pyridine rings is 1. The Morgan fingerprint density at radius 1 is 0.905 bits per heavy atom. The molecule has 0 atom stereocenters. The van der Waals surface area contributed by atoms with E-state index >= 15 is 0 Å². The van der Waals surface area contributed by atoms with Crippen LogP contribution in [0.4, 0.5) is 0 Å². The molecule has 0 N–H and O–H groups in total. The Labute approximate surface area is 247 Å². The summed E-state index contributed by atoms with van der Waals surface area (Å²) in [5.74, 6) is -0.0937. The number of carbonyl (C=O) groups excluding carboxylic acids is 1. The van der Waals surface area contributed by atoms with Crippen LogP contribution in [0.5, 0.6) is 0 Å². The van der Waals surface area contributed by atoms with Crippen molar-refractivity contribution in [2.75, 3.05) is 27.7 Å². The number of nitrogens with zero attached hydrogens (tertiary/aromatic N) is 4. The second-order valence-electron chi connectivity index (χ2n) is 11.4. The molecular weight excluding hydrogens is 544 g/mol. The van der Waals surface area contributed by atoms with E-state index in [0.717, 1.165) is 52.7 Å². The van der Waals surface area contributed by atoms with Gasteiger partial charge in [-0.1, -0.05) is 42.0 Å². The minimum absolute atomic E-state index is 0.0937. The van der Waals surface area contributed by atoms with Gasteiger partial charge in [0.25, 0.3) is 15.9 Å². The lowest BCUT2D eigenvalue weighted by Crippen LogP contribution is -2.27. The monoisotopic (exact) mass is 578 g/mol. The van der Waals surface area contributed by atoms with Crippen LogP contribution < -0.4 is 0 Å². The smallest absolute Gasteiger partial charge is 0.269 e. The average Bonchev–Trinajstić information content (AvgIpc) is 3.37. The lowest BCUT2D eigenvalue weighted by molar-refractivity contribution is 0.0827. The van der Waals surface area contributed by atoms with Gasteiger partial charge in [0.15, 0.2) is 5.65 Å². The molecule has 0 bridgehead atoms. The molecule has 0 radical (unpaired) electrons. The first-order valence-electron chi connectivity index (χ1n) is 14.0. The van der Waals surface area contributed by atoms with Gasteiger partial charge in [-0.25, -0.2) is 17.4 Å². The lowest BCUT2D eigenvalue weighted by atomic mass is 9.91. The van der Waals surface area contributed by atoms with Gasteiger partial charge in [-0.05, 0) is 85.5 Å². The van der Waals surface area contributed by atoms with Gasteiger partial charge in [-0.15, -0.1) is 0 Å². The fourth-order valence-corrected chi connectivity index (χ4v) is 7.02. The van der Waals surface area contributed by atoms with Gasteiger partial charge < -0.3 is 9.80 Å². The maximum absolute atomic E-state index is 13.9. The zero-order chi connectivity index (χ0) is 29.8. The maximum Gasteiger partial charge on any atom is 0.269 e. The molecule has 5 aromatic rings. The SMILES string of the molecule is Cc1ccc(S(=O)(=O)n2cc(-c3ccc(C(=O)N(C)C)cc3)c3cc(-c4cc(C)c5c(c4)CCN(C)C5)cnc32)cc1. The van der Waals surface area contributed by atoms with Gasteiger partial charge in [0, 0.05) is 61.7 Å². The molecule has 0 aliphatic carbocycles. The highest BCUT2D eigenvalue weighted by Gasteiger charge is 2.24. The number of hydrogen-bond acceptors (Lipinski definition) is 5. The first-order chi connectivity index (χ1) is 20.0. The average molecular weight is 579 g/mol. The summed E-state index contributed by atoms with van der Waals surface area (Å²) < 4.78 is 29.0. The Balaban J connectivity index is 1.53. The predicted octanol–water partition coefficient (Wildman–Crippen LogP) is 5.91. The summed E-state index contributed by atoms with van der Waals surface area (Å²) in [5.41, 5.74) is 9.41. The zero-order valence-corrected chi connectivity index (χ0v) is 25.4. The van der Waals surface area contributed by atoms with E-state index in [9.17, 15) is 13.2 Å². The van der Waals surface area contributed by atoms with Crippen LogP contribution in [0.1, 0.15) is 32.6 Å². The topological polar surface area (TPSA) is 75.5 Å². The van der Waals surface area contributed by atoms with Crippen molar-refractivity contribution >= 4 is 27.0 Å². The molecule has 0 spiro atoms. The van der Waals surface area contributed by atoms with E-state index < -0.39 is 10.0 Å². The van der Waals surface area contributed by atoms with Crippen LogP contribution in [0.15, 0.2) is 84.0 Å². The second-order valence-corrected chi connectivity index (χ2v) is 13.3. The molecule has 214 valence electrons. The number of rotatable bonds is 5. The Hall–Kier alpha value is -4.27. The molecule has 6 rings (SSSR count). The van der Waals surface area contributed by atoms with Crippen molar-refractivity contribution in [3.8, 4) is 22.3 Å². The van der Waals surface area contributed by atoms with Crippen LogP contribution in [0.2, 0.25) is 0 Å². The quantitative estimate of drug-likeness (QED) is 0.259. The highest BCUT2D eigenvalue weighted by atomic mass is 32.2. The normalized spacial score (nSPS) is 13.7. The van der Waals surface area contributed by atoms with E-state index in [2.05, 4.69) is 31.0 Å². The Morgan fingerprint density at radius 3 is 2.31 bits per heavy atom. The third-order valence-electron chi connectivity index (χ3n) is 8.13. The van der Waals surface area contributed by atoms with Gasteiger partial charge in [-0.2, -0.15) is 0 Å². The van der Waals surface area contributed by atoms with Gasteiger partial charge in [0.2, 0.25) is 0 Å². The highest BCUT2D eigenvalue weighted by molar-refractivity contribution is 7.90. The van der Waals surface area contributed by atoms with Crippen molar-refractivity contribution < 1.29 is 13.2 Å². The number of carbonyl (C=O) groups is 1. The number of benzene rings is 3. The summed E-state index contributed by atoms with van der Waals surface area (Å²) in [7, 11) is 1.66. The minimum Gasteiger partial charge on any atom is -0.345 e. The molecular formula is C34H34N4O3S. The first kappa shape index (κ1) is 27.9. The van der Waals surface area contributed by atoms with Crippen LogP contribution in [0.3, 0.4) is 0 Å². The third-order valence-corrected chi connectivity index (χ3v) is 9.79. The number of amides is 1. The van der Waals surface area contributed by atoms with Crippen LogP contribution in [0.25, 0.3) is 33.3 Å². The van der Waals surface area contributed by atoms with Crippen LogP contribution >= 0.6 is 0 Å². The number of aromatic nitrogens is 2. The summed E-state index contributed by atoms with van der Waals surface area (Å²) >= 11 is 0. The third kappa shape index (κ3) is 4.91. The van der Waals surface area contributed by atoms with E-state index in [0.29, 0.717) is 11.2 Å². The van der Waals surface area contributed by atoms with Crippen LogP contribution in [-0.4, -0.2) is 60.8 Å². The van der Waals surface area contributed by atoms with Crippen molar-refractivity contribution in [2.24, 2.45) is 0 Å². The molecule has 7 nitrogen and oxygen atoms in total. The van der Waals surface area contributed by atoms with E-state index in [1.807, 2.05) is 25.1 Å². The van der Waals surface area contributed by atoms with Crippen molar-refractivity contribution in [3.05, 3.63) is 107 Å². The first-order valence-corrected chi connectivity index (χ1v) is 15.4. The summed E-state index contributed by atoms with van der Waals surface area (Å²) in [4.78, 5) is 21.3. The summed E-state index contributed by atoms with van der Waals surface area (Å²) in [6.07, 6.45) is 4.40. The maximum atomic E-state index is 13.9. The van der Waals surface area contributed by atoms with Gasteiger partial charge in [0.05, 0.1) is 4.90 Å². The van der Waals surface area contributed by atoms with Crippen LogP contribution in [-0.2, 0) is 23.0 Å². The number of hydrogen-bond donors (Lipinski definition) is 0. The second kappa shape index (κ2) is 10.5. The zero-order valence-electron chi connectivity index (χ0n) is 24.5. The number of aryl methyl sites for hydroxylation is 2. The predicted molar refractivity (Wildman–Crippen MR) is 167 cm³/mol. The molecule has 2 aromatic heterocycles. The Kier molecular flexibility index (Phi) is 6.99. The number of likely N-dealkylation sites (N-methyl/N-ethyl adjacent to an activating group) is 1. The summed E-state index contributed by atoms with van der Waals surface area (Å²) in [6, 6.07) is 20.6. The van der Waals surface area contributed by atoms with Crippen molar-refractivity contribution in [2.45, 2.75) is 31.7 Å². The molecule has 8 heteroatoms. The highest BCUT2D eigenvalue weighted by Crippen LogP contribution is 2.36. The molecule has 1 amide bonds. The van der Waals surface area contributed by atoms with Crippen molar-refractivity contribution in [1.82, 2.24) is 18.8 Å². The summed E-state index contributed by atoms with van der Waals surface area (Å²) in [6.45, 7) is 6.03. The molecule has 0 unspecified atom stereocenters.